The minimum atomic E-state index is -4.13. The average molecular weight is 520 g/mol. The molecule has 2 rings (SSSR count). The first-order valence-corrected chi connectivity index (χ1v) is 14.7. The average Bonchev–Trinajstić information content (AvgIpc) is 2.73. The standard InChI is InChI=1S/C29H43ClNO3P/c1-16(2)21-11-23(17(3)4)27(24(12-21)18(5)6)15-28(32)35(31,33)34-29-25(19(7)8)13-22(30)14-26(29)20(9)10/h11-14,16-20H,15H2,1-10H3,(H2,31,33). The van der Waals surface area contributed by atoms with Gasteiger partial charge < -0.3 is 4.52 Å². The van der Waals surface area contributed by atoms with Crippen molar-refractivity contribution in [2.24, 2.45) is 5.50 Å². The first-order valence-electron chi connectivity index (χ1n) is 12.7. The zero-order valence-electron chi connectivity index (χ0n) is 23.0. The van der Waals surface area contributed by atoms with E-state index in [9.17, 15) is 9.36 Å². The molecule has 0 saturated heterocycles. The van der Waals surface area contributed by atoms with Crippen LogP contribution in [0.5, 0.6) is 5.75 Å². The summed E-state index contributed by atoms with van der Waals surface area (Å²) in [6.07, 6.45) is -0.0191. The van der Waals surface area contributed by atoms with Crippen molar-refractivity contribution in [3.63, 3.8) is 0 Å². The number of hydrogen-bond donors (Lipinski definition) is 1. The number of rotatable bonds is 10. The molecule has 0 aliphatic carbocycles. The van der Waals surface area contributed by atoms with Gasteiger partial charge in [0.15, 0.2) is 0 Å². The zero-order chi connectivity index (χ0) is 26.8. The van der Waals surface area contributed by atoms with Gasteiger partial charge in [0.05, 0.1) is 0 Å². The first kappa shape index (κ1) is 29.6. The lowest BCUT2D eigenvalue weighted by molar-refractivity contribution is -0.112. The Hall–Kier alpha value is -1.61. The number of nitrogens with two attached hydrogens (primary N) is 1. The molecule has 0 aliphatic rings. The van der Waals surface area contributed by atoms with Crippen molar-refractivity contribution < 1.29 is 13.9 Å². The van der Waals surface area contributed by atoms with Gasteiger partial charge in [-0.15, -0.1) is 0 Å². The molecule has 194 valence electrons. The lowest BCUT2D eigenvalue weighted by Crippen LogP contribution is -2.19. The quantitative estimate of drug-likeness (QED) is 0.317. The first-order chi connectivity index (χ1) is 16.1. The van der Waals surface area contributed by atoms with Crippen molar-refractivity contribution in [2.45, 2.75) is 105 Å². The summed E-state index contributed by atoms with van der Waals surface area (Å²) in [5, 5.41) is 0.580. The van der Waals surface area contributed by atoms with Gasteiger partial charge in [-0.25, -0.2) is 5.50 Å². The molecule has 1 atom stereocenters. The van der Waals surface area contributed by atoms with Crippen molar-refractivity contribution in [1.82, 2.24) is 0 Å². The Morgan fingerprint density at radius 3 is 1.51 bits per heavy atom. The van der Waals surface area contributed by atoms with Gasteiger partial charge in [0.2, 0.25) is 5.52 Å². The second-order valence-electron chi connectivity index (χ2n) is 11.1. The maximum atomic E-state index is 13.6. The zero-order valence-corrected chi connectivity index (χ0v) is 24.7. The van der Waals surface area contributed by atoms with Crippen LogP contribution >= 0.6 is 19.1 Å². The van der Waals surface area contributed by atoms with E-state index in [0.29, 0.717) is 16.7 Å². The van der Waals surface area contributed by atoms with Crippen molar-refractivity contribution in [3.8, 4) is 5.75 Å². The molecular formula is C29H43ClNO3P. The highest BCUT2D eigenvalue weighted by Crippen LogP contribution is 2.48. The highest BCUT2D eigenvalue weighted by Gasteiger charge is 2.34. The molecule has 0 fully saturated rings. The van der Waals surface area contributed by atoms with Gasteiger partial charge in [0.25, 0.3) is 0 Å². The van der Waals surface area contributed by atoms with Crippen LogP contribution < -0.4 is 10.0 Å². The van der Waals surface area contributed by atoms with Crippen molar-refractivity contribution in [1.29, 1.82) is 0 Å². The van der Waals surface area contributed by atoms with Crippen LogP contribution in [0, 0.1) is 0 Å². The fourth-order valence-electron chi connectivity index (χ4n) is 4.36. The van der Waals surface area contributed by atoms with E-state index < -0.39 is 13.0 Å². The van der Waals surface area contributed by atoms with E-state index >= 15 is 0 Å². The summed E-state index contributed by atoms with van der Waals surface area (Å²) in [6, 6.07) is 7.96. The van der Waals surface area contributed by atoms with Crippen molar-refractivity contribution >= 4 is 24.6 Å². The van der Waals surface area contributed by atoms with Crippen LogP contribution in [0.1, 0.15) is 132 Å². The van der Waals surface area contributed by atoms with E-state index in [4.69, 9.17) is 21.6 Å². The molecule has 0 spiro atoms. The number of hydrogen-bond acceptors (Lipinski definition) is 3. The highest BCUT2D eigenvalue weighted by atomic mass is 35.5. The molecule has 0 amide bonds. The fraction of sp³-hybridized carbons (Fsp3) is 0.552. The van der Waals surface area contributed by atoms with Gasteiger partial charge in [-0.05, 0) is 75.1 Å². The van der Waals surface area contributed by atoms with E-state index in [1.54, 1.807) is 12.1 Å². The summed E-state index contributed by atoms with van der Waals surface area (Å²) < 4.78 is 19.6. The minimum Gasteiger partial charge on any atom is -0.427 e. The second kappa shape index (κ2) is 11.6. The molecule has 0 saturated carbocycles. The van der Waals surface area contributed by atoms with Gasteiger partial charge in [-0.2, -0.15) is 0 Å². The topological polar surface area (TPSA) is 69.4 Å². The lowest BCUT2D eigenvalue weighted by Gasteiger charge is -2.25. The maximum Gasteiger partial charge on any atom is 0.379 e. The summed E-state index contributed by atoms with van der Waals surface area (Å²) in [4.78, 5) is 13.5. The molecule has 0 aliphatic heterocycles. The predicted octanol–water partition coefficient (Wildman–Crippen LogP) is 9.26. The van der Waals surface area contributed by atoms with Crippen molar-refractivity contribution in [2.75, 3.05) is 0 Å². The summed E-state index contributed by atoms with van der Waals surface area (Å²) in [5.74, 6) is 1.32. The van der Waals surface area contributed by atoms with Gasteiger partial charge in [0.1, 0.15) is 5.75 Å². The molecule has 0 bridgehead atoms. The monoisotopic (exact) mass is 519 g/mol. The minimum absolute atomic E-state index is 0.0191. The molecule has 0 heterocycles. The van der Waals surface area contributed by atoms with E-state index in [-0.39, 0.29) is 30.1 Å². The molecule has 2 aromatic carbocycles. The normalized spacial score (nSPS) is 13.9. The largest absolute Gasteiger partial charge is 0.427 e. The molecule has 1 unspecified atom stereocenters. The van der Waals surface area contributed by atoms with Gasteiger partial charge in [0, 0.05) is 11.4 Å². The van der Waals surface area contributed by atoms with Gasteiger partial charge in [-0.1, -0.05) is 93.0 Å². The van der Waals surface area contributed by atoms with Crippen LogP contribution in [0.25, 0.3) is 0 Å². The SMILES string of the molecule is CC(C)c1cc(C(C)C)c(CC(=O)P(N)(=O)Oc2c(C(C)C)cc(Cl)cc2C(C)C)c(C(C)C)c1. The number of carbonyl (C=O) groups excluding carboxylic acids is 1. The Morgan fingerprint density at radius 1 is 0.771 bits per heavy atom. The van der Waals surface area contributed by atoms with E-state index in [1.807, 2.05) is 27.7 Å². The number of benzene rings is 2. The molecule has 2 N–H and O–H groups in total. The van der Waals surface area contributed by atoms with Crippen LogP contribution in [0.3, 0.4) is 0 Å². The third-order valence-electron chi connectivity index (χ3n) is 6.51. The molecule has 2 aromatic rings. The van der Waals surface area contributed by atoms with Gasteiger partial charge in [-0.3, -0.25) is 9.36 Å². The summed E-state index contributed by atoms with van der Waals surface area (Å²) in [5.41, 5.74) is 11.6. The Morgan fingerprint density at radius 2 is 1.17 bits per heavy atom. The Bertz CT molecular complexity index is 1060. The van der Waals surface area contributed by atoms with E-state index in [0.717, 1.165) is 27.8 Å². The lowest BCUT2D eigenvalue weighted by atomic mass is 9.83. The molecule has 0 radical (unpaired) electrons. The van der Waals surface area contributed by atoms with Crippen LogP contribution in [0.2, 0.25) is 5.02 Å². The molecule has 35 heavy (non-hydrogen) atoms. The molecule has 4 nitrogen and oxygen atoms in total. The summed E-state index contributed by atoms with van der Waals surface area (Å²) in [6.45, 7) is 20.8. The van der Waals surface area contributed by atoms with Crippen LogP contribution in [-0.2, 0) is 15.8 Å². The second-order valence-corrected chi connectivity index (χ2v) is 13.4. The molecular weight excluding hydrogens is 477 g/mol. The smallest absolute Gasteiger partial charge is 0.379 e. The van der Waals surface area contributed by atoms with Crippen molar-refractivity contribution in [3.05, 3.63) is 62.7 Å². The van der Waals surface area contributed by atoms with E-state index in [1.165, 1.54) is 5.56 Å². The Labute approximate surface area is 217 Å². The van der Waals surface area contributed by atoms with Crippen LogP contribution in [0.15, 0.2) is 24.3 Å². The maximum absolute atomic E-state index is 13.6. The Balaban J connectivity index is 2.57. The third kappa shape index (κ3) is 7.00. The third-order valence-corrected chi connectivity index (χ3v) is 8.04. The number of carbonyl (C=O) groups is 1. The molecule has 6 heteroatoms. The number of halogens is 1. The van der Waals surface area contributed by atoms with Crippen LogP contribution in [-0.4, -0.2) is 5.52 Å². The highest BCUT2D eigenvalue weighted by molar-refractivity contribution is 7.74. The fourth-order valence-corrected chi connectivity index (χ4v) is 5.55. The van der Waals surface area contributed by atoms with Gasteiger partial charge >= 0.3 is 7.52 Å². The summed E-state index contributed by atoms with van der Waals surface area (Å²) in [7, 11) is -4.13. The van der Waals surface area contributed by atoms with Crippen LogP contribution in [0.4, 0.5) is 0 Å². The molecule has 0 aromatic heterocycles. The predicted molar refractivity (Wildman–Crippen MR) is 149 cm³/mol. The Kier molecular flexibility index (Phi) is 9.84. The summed E-state index contributed by atoms with van der Waals surface area (Å²) >= 11 is 6.36. The van der Waals surface area contributed by atoms with E-state index in [2.05, 4.69) is 53.7 Å².